The Balaban J connectivity index is 1.47. The molecule has 1 saturated heterocycles. The number of halogens is 4. The fourth-order valence-electron chi connectivity index (χ4n) is 4.84. The molecule has 0 spiro atoms. The maximum absolute atomic E-state index is 14.6. The standard InChI is InChI=1S/C26H32F4N8O4/c1-24(2,25(3,27)28)8-16(34-22(39)21-20(14-5-6-14)35-42-36-21)17-10-38-19(33-17)7-15(9-32-38)18(11-41-4)37-13-26(29,30)12-31-23(37)40/h7,9-10,14,16,18H,5-6,8,11-13H2,1-4H3,(H,31,40)(H,34,39). The number of fused-ring (bicyclic) bond motifs is 1. The van der Waals surface area contributed by atoms with Gasteiger partial charge in [-0.2, -0.15) is 5.10 Å². The Morgan fingerprint density at radius 1 is 1.29 bits per heavy atom. The number of amides is 3. The minimum atomic E-state index is -3.14. The summed E-state index contributed by atoms with van der Waals surface area (Å²) < 4.78 is 68.8. The van der Waals surface area contributed by atoms with Crippen LogP contribution in [0.15, 0.2) is 23.1 Å². The van der Waals surface area contributed by atoms with E-state index in [0.717, 1.165) is 24.7 Å². The van der Waals surface area contributed by atoms with E-state index in [1.807, 2.05) is 0 Å². The average molecular weight is 597 g/mol. The Morgan fingerprint density at radius 3 is 2.69 bits per heavy atom. The second kappa shape index (κ2) is 10.8. The first-order chi connectivity index (χ1) is 19.7. The number of nitrogens with zero attached hydrogens (tertiary/aromatic N) is 6. The number of imidazole rings is 1. The second-order valence-electron chi connectivity index (χ2n) is 11.6. The largest absolute Gasteiger partial charge is 0.382 e. The van der Waals surface area contributed by atoms with Crippen LogP contribution in [0.2, 0.25) is 0 Å². The molecule has 42 heavy (non-hydrogen) atoms. The number of methoxy groups -OCH3 is 1. The summed E-state index contributed by atoms with van der Waals surface area (Å²) in [5.74, 6) is -6.82. The number of urea groups is 1. The lowest BCUT2D eigenvalue weighted by molar-refractivity contribution is -0.0959. The minimum Gasteiger partial charge on any atom is -0.382 e. The first-order valence-electron chi connectivity index (χ1n) is 13.5. The molecule has 1 saturated carbocycles. The first-order valence-corrected chi connectivity index (χ1v) is 13.5. The Kier molecular flexibility index (Phi) is 7.62. The number of nitrogens with one attached hydrogen (secondary N) is 2. The van der Waals surface area contributed by atoms with Crippen molar-refractivity contribution in [2.24, 2.45) is 5.41 Å². The van der Waals surface area contributed by atoms with E-state index in [9.17, 15) is 27.2 Å². The molecule has 228 valence electrons. The van der Waals surface area contributed by atoms with Crippen LogP contribution in [0.4, 0.5) is 22.4 Å². The number of hydrogen-bond acceptors (Lipinski definition) is 8. The predicted octanol–water partition coefficient (Wildman–Crippen LogP) is 3.88. The highest BCUT2D eigenvalue weighted by molar-refractivity contribution is 5.93. The molecule has 12 nitrogen and oxygen atoms in total. The second-order valence-corrected chi connectivity index (χ2v) is 11.6. The molecule has 0 radical (unpaired) electrons. The topological polar surface area (TPSA) is 140 Å². The van der Waals surface area contributed by atoms with Gasteiger partial charge in [0.2, 0.25) is 5.92 Å². The van der Waals surface area contributed by atoms with Gasteiger partial charge in [-0.3, -0.25) is 4.79 Å². The van der Waals surface area contributed by atoms with Crippen molar-refractivity contribution in [2.45, 2.75) is 69.9 Å². The molecule has 16 heteroatoms. The summed E-state index contributed by atoms with van der Waals surface area (Å²) in [5.41, 5.74) is -0.291. The molecule has 2 unspecified atom stereocenters. The first kappa shape index (κ1) is 29.7. The summed E-state index contributed by atoms with van der Waals surface area (Å²) in [6, 6.07) is -1.03. The summed E-state index contributed by atoms with van der Waals surface area (Å²) in [6.07, 6.45) is 4.37. The maximum Gasteiger partial charge on any atom is 0.318 e. The van der Waals surface area contributed by atoms with E-state index in [-0.39, 0.29) is 36.0 Å². The van der Waals surface area contributed by atoms with Crippen LogP contribution in [0.25, 0.3) is 5.65 Å². The van der Waals surface area contributed by atoms with Crippen molar-refractivity contribution >= 4 is 17.6 Å². The van der Waals surface area contributed by atoms with Crippen molar-refractivity contribution in [3.8, 4) is 0 Å². The van der Waals surface area contributed by atoms with Gasteiger partial charge in [0.25, 0.3) is 11.8 Å². The molecule has 0 bridgehead atoms. The number of carbonyl (C=O) groups excluding carboxylic acids is 2. The van der Waals surface area contributed by atoms with Gasteiger partial charge in [0.15, 0.2) is 11.3 Å². The van der Waals surface area contributed by atoms with Gasteiger partial charge in [0.1, 0.15) is 5.69 Å². The third kappa shape index (κ3) is 6.03. The van der Waals surface area contributed by atoms with Gasteiger partial charge in [-0.1, -0.05) is 19.0 Å². The molecule has 3 aromatic heterocycles. The highest BCUT2D eigenvalue weighted by Crippen LogP contribution is 2.43. The normalized spacial score (nSPS) is 19.0. The summed E-state index contributed by atoms with van der Waals surface area (Å²) in [4.78, 5) is 31.2. The van der Waals surface area contributed by atoms with Crippen molar-refractivity contribution in [2.75, 3.05) is 26.8 Å². The van der Waals surface area contributed by atoms with Gasteiger partial charge in [-0.25, -0.2) is 36.5 Å². The van der Waals surface area contributed by atoms with Crippen molar-refractivity contribution < 1.29 is 36.5 Å². The summed E-state index contributed by atoms with van der Waals surface area (Å²) in [5, 5.41) is 16.8. The number of hydrogen-bond donors (Lipinski definition) is 2. The Labute approximate surface area is 238 Å². The van der Waals surface area contributed by atoms with Gasteiger partial charge in [0.05, 0.1) is 49.9 Å². The van der Waals surface area contributed by atoms with Crippen molar-refractivity contribution in [1.82, 2.24) is 40.4 Å². The molecule has 3 aromatic rings. The quantitative estimate of drug-likeness (QED) is 0.318. The molecule has 2 aliphatic rings. The monoisotopic (exact) mass is 596 g/mol. The van der Waals surface area contributed by atoms with Gasteiger partial charge >= 0.3 is 6.03 Å². The van der Waals surface area contributed by atoms with Crippen molar-refractivity contribution in [3.63, 3.8) is 0 Å². The van der Waals surface area contributed by atoms with Crippen molar-refractivity contribution in [3.05, 3.63) is 41.1 Å². The summed E-state index contributed by atoms with van der Waals surface area (Å²) >= 11 is 0. The van der Waals surface area contributed by atoms with E-state index in [1.54, 1.807) is 6.07 Å². The van der Waals surface area contributed by atoms with Gasteiger partial charge < -0.3 is 20.3 Å². The van der Waals surface area contributed by atoms with Crippen LogP contribution in [-0.2, 0) is 4.74 Å². The maximum atomic E-state index is 14.6. The highest BCUT2D eigenvalue weighted by atomic mass is 19.3. The van der Waals surface area contributed by atoms with Crippen LogP contribution in [0.5, 0.6) is 0 Å². The number of rotatable bonds is 11. The third-order valence-electron chi connectivity index (χ3n) is 7.86. The van der Waals surface area contributed by atoms with Crippen LogP contribution in [0.3, 0.4) is 0 Å². The smallest absolute Gasteiger partial charge is 0.318 e. The molecule has 3 amide bonds. The molecule has 2 atom stereocenters. The SMILES string of the molecule is COCC(c1cnn2cc(C(CC(C)(C)C(C)(F)F)NC(=O)c3nonc3C3CC3)nc2c1)N1CC(F)(F)CNC1=O. The fraction of sp³-hybridized carbons (Fsp3) is 0.615. The lowest BCUT2D eigenvalue weighted by Crippen LogP contribution is -2.58. The van der Waals surface area contributed by atoms with Crippen LogP contribution >= 0.6 is 0 Å². The zero-order valence-electron chi connectivity index (χ0n) is 23.5. The Morgan fingerprint density at radius 2 is 2.02 bits per heavy atom. The number of aromatic nitrogens is 5. The Hall–Kier alpha value is -3.82. The molecule has 1 aliphatic carbocycles. The summed E-state index contributed by atoms with van der Waals surface area (Å²) in [7, 11) is 1.38. The molecule has 2 N–H and O–H groups in total. The van der Waals surface area contributed by atoms with E-state index in [2.05, 4.69) is 31.0 Å². The summed E-state index contributed by atoms with van der Waals surface area (Å²) in [6.45, 7) is 1.91. The van der Waals surface area contributed by atoms with E-state index < -0.39 is 54.4 Å². The van der Waals surface area contributed by atoms with E-state index in [4.69, 9.17) is 9.37 Å². The van der Waals surface area contributed by atoms with E-state index in [0.29, 0.717) is 11.3 Å². The molecular formula is C26H32F4N8O4. The van der Waals surface area contributed by atoms with Gasteiger partial charge in [-0.15, -0.1) is 0 Å². The zero-order valence-corrected chi connectivity index (χ0v) is 23.5. The number of alkyl halides is 4. The molecule has 5 rings (SSSR count). The van der Waals surface area contributed by atoms with Crippen molar-refractivity contribution in [1.29, 1.82) is 0 Å². The molecule has 4 heterocycles. The molecule has 2 fully saturated rings. The van der Waals surface area contributed by atoms with Gasteiger partial charge in [0, 0.05) is 24.0 Å². The molecule has 0 aromatic carbocycles. The lowest BCUT2D eigenvalue weighted by atomic mass is 9.79. The minimum absolute atomic E-state index is 0.00763. The highest BCUT2D eigenvalue weighted by Gasteiger charge is 2.45. The van der Waals surface area contributed by atoms with Crippen LogP contribution < -0.4 is 10.6 Å². The number of carbonyl (C=O) groups is 2. The predicted molar refractivity (Wildman–Crippen MR) is 138 cm³/mol. The number of ether oxygens (including phenoxy) is 1. The van der Waals surface area contributed by atoms with Gasteiger partial charge in [-0.05, 0) is 37.4 Å². The van der Waals surface area contributed by atoms with E-state index >= 15 is 0 Å². The fourth-order valence-corrected chi connectivity index (χ4v) is 4.84. The Bertz CT molecular complexity index is 1470. The molecule has 1 aliphatic heterocycles. The van der Waals surface area contributed by atoms with E-state index in [1.165, 1.54) is 37.9 Å². The molecular weight excluding hydrogens is 564 g/mol. The van der Waals surface area contributed by atoms with Crippen LogP contribution in [0, 0.1) is 5.41 Å². The zero-order chi connectivity index (χ0) is 30.4. The lowest BCUT2D eigenvalue weighted by Gasteiger charge is -2.38. The van der Waals surface area contributed by atoms with Crippen LogP contribution in [-0.4, -0.2) is 80.4 Å². The third-order valence-corrected chi connectivity index (χ3v) is 7.86. The average Bonchev–Trinajstić information content (AvgIpc) is 3.46. The van der Waals surface area contributed by atoms with Crippen LogP contribution in [0.1, 0.15) is 85.5 Å².